The molecule has 0 aliphatic heterocycles. The van der Waals surface area contributed by atoms with Crippen molar-refractivity contribution in [1.82, 2.24) is 4.57 Å². The predicted molar refractivity (Wildman–Crippen MR) is 132 cm³/mol. The zero-order chi connectivity index (χ0) is 20.9. The molecule has 5 aromatic rings. The minimum absolute atomic E-state index is 0.392. The van der Waals surface area contributed by atoms with E-state index < -0.39 is 0 Å². The van der Waals surface area contributed by atoms with Gasteiger partial charge in [0.15, 0.2) is 0 Å². The van der Waals surface area contributed by atoms with Crippen LogP contribution in [-0.4, -0.2) is 19.5 Å². The van der Waals surface area contributed by atoms with Crippen LogP contribution in [0.3, 0.4) is 0 Å². The topological polar surface area (TPSA) is 4.93 Å². The summed E-state index contributed by atoms with van der Waals surface area (Å²) in [5, 5.41) is 2.52. The number of hydrogen-bond acceptors (Lipinski definition) is 0. The molecule has 0 aliphatic rings. The quantitative estimate of drug-likeness (QED) is 0.249. The standard InChI is InChI=1S/C29H25NSe/c1-4-12-23(13-5-1)20-30-21-27(26-18-10-11-19-29(26)30)28(24-14-6-2-7-15-24)22-31-25-16-8-3-9-17-25/h1-19,21,28H,20,22H2. The monoisotopic (exact) mass is 467 g/mol. The van der Waals surface area contributed by atoms with Gasteiger partial charge in [-0.15, -0.1) is 0 Å². The third-order valence-electron chi connectivity index (χ3n) is 5.75. The normalized spacial score (nSPS) is 12.1. The third-order valence-corrected chi connectivity index (χ3v) is 8.07. The van der Waals surface area contributed by atoms with E-state index in [2.05, 4.69) is 126 Å². The van der Waals surface area contributed by atoms with Crippen molar-refractivity contribution < 1.29 is 0 Å². The van der Waals surface area contributed by atoms with Gasteiger partial charge in [0.25, 0.3) is 0 Å². The Kier molecular flexibility index (Phi) is 6.02. The molecule has 1 nitrogen and oxygen atoms in total. The van der Waals surface area contributed by atoms with Gasteiger partial charge < -0.3 is 0 Å². The summed E-state index contributed by atoms with van der Waals surface area (Å²) in [5.74, 6) is 0.392. The summed E-state index contributed by atoms with van der Waals surface area (Å²) >= 11 is 0.421. The maximum atomic E-state index is 2.42. The second kappa shape index (κ2) is 9.39. The first-order chi connectivity index (χ1) is 15.4. The Hall–Kier alpha value is -3.06. The average molecular weight is 466 g/mol. The molecule has 1 aromatic heterocycles. The average Bonchev–Trinajstić information content (AvgIpc) is 3.19. The first-order valence-electron chi connectivity index (χ1n) is 10.7. The first-order valence-corrected chi connectivity index (χ1v) is 12.8. The Labute approximate surface area is 190 Å². The predicted octanol–water partition coefficient (Wildman–Crippen LogP) is 6.27. The molecular weight excluding hydrogens is 441 g/mol. The molecule has 0 radical (unpaired) electrons. The van der Waals surface area contributed by atoms with Gasteiger partial charge in [-0.25, -0.2) is 0 Å². The summed E-state index contributed by atoms with van der Waals surface area (Å²) in [6.45, 7) is 0.896. The van der Waals surface area contributed by atoms with Crippen LogP contribution in [0.25, 0.3) is 10.9 Å². The first kappa shape index (κ1) is 19.9. The van der Waals surface area contributed by atoms with E-state index in [0.29, 0.717) is 20.9 Å². The van der Waals surface area contributed by atoms with Gasteiger partial charge >= 0.3 is 191 Å². The Morgan fingerprint density at radius 3 is 2.00 bits per heavy atom. The van der Waals surface area contributed by atoms with Crippen LogP contribution in [0.1, 0.15) is 22.6 Å². The molecule has 0 fully saturated rings. The third kappa shape index (κ3) is 4.51. The SMILES string of the molecule is c1ccc(Cn2cc(C(C[Se]c3ccccc3)c3ccccc3)c3ccccc32)cc1. The van der Waals surface area contributed by atoms with Crippen molar-refractivity contribution in [2.75, 3.05) is 0 Å². The molecule has 0 spiro atoms. The van der Waals surface area contributed by atoms with E-state index in [0.717, 1.165) is 11.9 Å². The van der Waals surface area contributed by atoms with Gasteiger partial charge in [0.2, 0.25) is 0 Å². The number of hydrogen-bond donors (Lipinski definition) is 0. The summed E-state index contributed by atoms with van der Waals surface area (Å²) in [7, 11) is 0. The molecular formula is C29H25NSe. The zero-order valence-electron chi connectivity index (χ0n) is 17.4. The molecule has 0 saturated heterocycles. The Morgan fingerprint density at radius 1 is 0.645 bits per heavy atom. The van der Waals surface area contributed by atoms with Crippen LogP contribution in [-0.2, 0) is 6.54 Å². The van der Waals surface area contributed by atoms with Crippen molar-refractivity contribution >= 4 is 30.3 Å². The number of nitrogens with zero attached hydrogens (tertiary/aromatic N) is 1. The van der Waals surface area contributed by atoms with Crippen molar-refractivity contribution in [2.24, 2.45) is 0 Å². The Balaban J connectivity index is 1.56. The van der Waals surface area contributed by atoms with Crippen molar-refractivity contribution in [3.8, 4) is 0 Å². The number of para-hydroxylation sites is 1. The van der Waals surface area contributed by atoms with Gasteiger partial charge in [0.05, 0.1) is 0 Å². The van der Waals surface area contributed by atoms with Crippen molar-refractivity contribution in [3.63, 3.8) is 0 Å². The molecule has 1 atom stereocenters. The van der Waals surface area contributed by atoms with Gasteiger partial charge in [-0.1, -0.05) is 0 Å². The number of rotatable bonds is 7. The molecule has 1 unspecified atom stereocenters. The van der Waals surface area contributed by atoms with Crippen LogP contribution in [0, 0.1) is 0 Å². The molecule has 0 saturated carbocycles. The van der Waals surface area contributed by atoms with Crippen LogP contribution in [0.2, 0.25) is 5.32 Å². The summed E-state index contributed by atoms with van der Waals surface area (Å²) in [6.07, 6.45) is 2.40. The molecule has 0 aliphatic carbocycles. The van der Waals surface area contributed by atoms with Crippen LogP contribution in [0.4, 0.5) is 0 Å². The van der Waals surface area contributed by atoms with Gasteiger partial charge in [-0.05, 0) is 0 Å². The molecule has 0 N–H and O–H groups in total. The van der Waals surface area contributed by atoms with Gasteiger partial charge in [0, 0.05) is 0 Å². The van der Waals surface area contributed by atoms with Crippen LogP contribution in [0.15, 0.2) is 121 Å². The second-order valence-electron chi connectivity index (χ2n) is 7.80. The fourth-order valence-corrected chi connectivity index (χ4v) is 6.48. The van der Waals surface area contributed by atoms with E-state index in [9.17, 15) is 0 Å². The van der Waals surface area contributed by atoms with Gasteiger partial charge in [-0.3, -0.25) is 0 Å². The van der Waals surface area contributed by atoms with Gasteiger partial charge in [0.1, 0.15) is 0 Å². The molecule has 0 amide bonds. The molecule has 1 heterocycles. The summed E-state index contributed by atoms with van der Waals surface area (Å²) in [5.41, 5.74) is 5.49. The van der Waals surface area contributed by atoms with Crippen molar-refractivity contribution in [3.05, 3.63) is 138 Å². The van der Waals surface area contributed by atoms with E-state index in [1.165, 1.54) is 32.1 Å². The number of fused-ring (bicyclic) bond motifs is 1. The van der Waals surface area contributed by atoms with E-state index in [1.54, 1.807) is 0 Å². The van der Waals surface area contributed by atoms with E-state index >= 15 is 0 Å². The zero-order valence-corrected chi connectivity index (χ0v) is 19.1. The summed E-state index contributed by atoms with van der Waals surface area (Å²) < 4.78 is 3.88. The van der Waals surface area contributed by atoms with Crippen LogP contribution >= 0.6 is 0 Å². The van der Waals surface area contributed by atoms with Crippen molar-refractivity contribution in [1.29, 1.82) is 0 Å². The van der Waals surface area contributed by atoms with E-state index in [4.69, 9.17) is 0 Å². The minimum atomic E-state index is 0.392. The van der Waals surface area contributed by atoms with E-state index in [-0.39, 0.29) is 0 Å². The summed E-state index contributed by atoms with van der Waals surface area (Å²) in [6, 6.07) is 41.6. The molecule has 31 heavy (non-hydrogen) atoms. The number of aromatic nitrogens is 1. The molecule has 0 bridgehead atoms. The fourth-order valence-electron chi connectivity index (χ4n) is 4.21. The molecule has 2 heteroatoms. The van der Waals surface area contributed by atoms with Crippen molar-refractivity contribution in [2.45, 2.75) is 17.8 Å². The second-order valence-corrected chi connectivity index (χ2v) is 10.1. The number of benzene rings is 4. The van der Waals surface area contributed by atoms with Crippen LogP contribution < -0.4 is 4.46 Å². The summed E-state index contributed by atoms with van der Waals surface area (Å²) in [4.78, 5) is 0. The maximum absolute atomic E-state index is 2.42. The fraction of sp³-hybridized carbons (Fsp3) is 0.103. The molecule has 4 aromatic carbocycles. The van der Waals surface area contributed by atoms with E-state index in [1.807, 2.05) is 0 Å². The molecule has 152 valence electrons. The van der Waals surface area contributed by atoms with Crippen LogP contribution in [0.5, 0.6) is 0 Å². The Bertz CT molecular complexity index is 1240. The Morgan fingerprint density at radius 2 is 1.26 bits per heavy atom. The molecule has 5 rings (SSSR count). The van der Waals surface area contributed by atoms with Gasteiger partial charge in [-0.2, -0.15) is 0 Å².